The zero-order valence-corrected chi connectivity index (χ0v) is 19.4. The normalized spacial score (nSPS) is 18.7. The van der Waals surface area contributed by atoms with E-state index in [9.17, 15) is 14.9 Å². The number of hydrogen-bond donors (Lipinski definition) is 0. The highest BCUT2D eigenvalue weighted by Crippen LogP contribution is 2.34. The number of hydrogen-bond acceptors (Lipinski definition) is 7. The molecule has 1 amide bonds. The molecule has 0 unspecified atom stereocenters. The van der Waals surface area contributed by atoms with Crippen molar-refractivity contribution >= 4 is 34.1 Å². The number of fused-ring (bicyclic) bond motifs is 3. The molecule has 1 saturated carbocycles. The quantitative estimate of drug-likeness (QED) is 0.330. The van der Waals surface area contributed by atoms with Crippen LogP contribution in [0.2, 0.25) is 0 Å². The minimum absolute atomic E-state index is 0.0196. The van der Waals surface area contributed by atoms with Gasteiger partial charge in [0.25, 0.3) is 5.69 Å². The van der Waals surface area contributed by atoms with Crippen molar-refractivity contribution in [3.05, 3.63) is 58.6 Å². The molecule has 6 rings (SSSR count). The summed E-state index contributed by atoms with van der Waals surface area (Å²) in [5.74, 6) is 1.42. The second-order valence-electron chi connectivity index (χ2n) is 9.34. The zero-order valence-electron chi connectivity index (χ0n) is 19.4. The van der Waals surface area contributed by atoms with Crippen molar-refractivity contribution < 1.29 is 9.72 Å². The lowest BCUT2D eigenvalue weighted by atomic mass is 9.84. The van der Waals surface area contributed by atoms with Crippen molar-refractivity contribution in [3.63, 3.8) is 0 Å². The van der Waals surface area contributed by atoms with Crippen molar-refractivity contribution in [2.75, 3.05) is 24.5 Å². The largest absolute Gasteiger partial charge is 0.338 e. The molecule has 2 aliphatic rings. The number of nitrogens with zero attached hydrogens (tertiary/aromatic N) is 7. The van der Waals surface area contributed by atoms with Gasteiger partial charge in [-0.15, -0.1) is 10.2 Å². The van der Waals surface area contributed by atoms with E-state index in [1.807, 2.05) is 33.6 Å². The van der Waals surface area contributed by atoms with Crippen molar-refractivity contribution in [2.24, 2.45) is 5.92 Å². The van der Waals surface area contributed by atoms with Crippen molar-refractivity contribution in [1.29, 1.82) is 0 Å². The molecule has 1 saturated heterocycles. The molecule has 0 radical (unpaired) electrons. The SMILES string of the molecule is C[C@@H]1CN(c2nc3ccccc3c3nnc(-c4ccccc4[N+](=O)[O-])n23)CCN1C(=O)C1CCC1. The van der Waals surface area contributed by atoms with Gasteiger partial charge in [-0.2, -0.15) is 0 Å². The minimum atomic E-state index is -0.405. The van der Waals surface area contributed by atoms with Gasteiger partial charge in [0.2, 0.25) is 11.9 Å². The zero-order chi connectivity index (χ0) is 24.1. The van der Waals surface area contributed by atoms with Crippen LogP contribution < -0.4 is 4.90 Å². The van der Waals surface area contributed by atoms with Crippen LogP contribution in [-0.2, 0) is 4.79 Å². The smallest absolute Gasteiger partial charge is 0.280 e. The second-order valence-corrected chi connectivity index (χ2v) is 9.34. The number of amides is 1. The van der Waals surface area contributed by atoms with Gasteiger partial charge in [-0.25, -0.2) is 9.38 Å². The summed E-state index contributed by atoms with van der Waals surface area (Å²) in [6, 6.07) is 14.3. The van der Waals surface area contributed by atoms with Crippen molar-refractivity contribution in [1.82, 2.24) is 24.5 Å². The second kappa shape index (κ2) is 8.30. The molecule has 35 heavy (non-hydrogen) atoms. The Balaban J connectivity index is 1.47. The van der Waals surface area contributed by atoms with E-state index < -0.39 is 4.92 Å². The van der Waals surface area contributed by atoms with E-state index in [-0.39, 0.29) is 23.6 Å². The maximum atomic E-state index is 12.9. The highest BCUT2D eigenvalue weighted by Gasteiger charge is 2.35. The Kier molecular flexibility index (Phi) is 5.09. The predicted molar refractivity (Wildman–Crippen MR) is 131 cm³/mol. The van der Waals surface area contributed by atoms with Crippen LogP contribution >= 0.6 is 0 Å². The first-order valence-corrected chi connectivity index (χ1v) is 12.0. The number of piperazine rings is 1. The van der Waals surface area contributed by atoms with Crippen LogP contribution in [0.5, 0.6) is 0 Å². The Morgan fingerprint density at radius 2 is 1.83 bits per heavy atom. The molecule has 0 spiro atoms. The Morgan fingerprint density at radius 3 is 2.57 bits per heavy atom. The number of carbonyl (C=O) groups excluding carboxylic acids is 1. The topological polar surface area (TPSA) is 110 Å². The maximum absolute atomic E-state index is 12.9. The first kappa shape index (κ1) is 21.5. The minimum Gasteiger partial charge on any atom is -0.338 e. The van der Waals surface area contributed by atoms with Gasteiger partial charge in [0, 0.05) is 43.0 Å². The third kappa shape index (κ3) is 3.48. The Labute approximate surface area is 201 Å². The highest BCUT2D eigenvalue weighted by atomic mass is 16.6. The van der Waals surface area contributed by atoms with Crippen LogP contribution in [0.1, 0.15) is 26.2 Å². The lowest BCUT2D eigenvalue weighted by Gasteiger charge is -2.43. The molecule has 178 valence electrons. The lowest BCUT2D eigenvalue weighted by molar-refractivity contribution is -0.384. The number of rotatable bonds is 4. The van der Waals surface area contributed by atoms with Crippen molar-refractivity contribution in [2.45, 2.75) is 32.2 Å². The van der Waals surface area contributed by atoms with Gasteiger partial charge in [0.1, 0.15) is 0 Å². The number of nitro benzene ring substituents is 1. The van der Waals surface area contributed by atoms with Gasteiger partial charge in [-0.05, 0) is 38.0 Å². The monoisotopic (exact) mass is 471 g/mol. The fourth-order valence-corrected chi connectivity index (χ4v) is 5.13. The van der Waals surface area contributed by atoms with E-state index in [0.29, 0.717) is 42.6 Å². The fraction of sp³-hybridized carbons (Fsp3) is 0.360. The molecule has 4 aromatic rings. The third-order valence-corrected chi connectivity index (χ3v) is 7.22. The molecule has 2 fully saturated rings. The third-order valence-electron chi connectivity index (χ3n) is 7.22. The Morgan fingerprint density at radius 1 is 1.06 bits per heavy atom. The van der Waals surface area contributed by atoms with E-state index in [1.54, 1.807) is 18.2 Å². The lowest BCUT2D eigenvalue weighted by Crippen LogP contribution is -2.56. The molecule has 10 heteroatoms. The van der Waals surface area contributed by atoms with Crippen LogP contribution in [-0.4, -0.2) is 61.0 Å². The summed E-state index contributed by atoms with van der Waals surface area (Å²) < 4.78 is 1.82. The van der Waals surface area contributed by atoms with E-state index >= 15 is 0 Å². The highest BCUT2D eigenvalue weighted by molar-refractivity contribution is 5.93. The summed E-state index contributed by atoms with van der Waals surface area (Å²) in [5, 5.41) is 21.4. The summed E-state index contributed by atoms with van der Waals surface area (Å²) >= 11 is 0. The Bertz CT molecular complexity index is 1460. The number of carbonyl (C=O) groups is 1. The molecule has 1 aliphatic heterocycles. The summed E-state index contributed by atoms with van der Waals surface area (Å²) in [5.41, 5.74) is 1.72. The first-order chi connectivity index (χ1) is 17.0. The molecular weight excluding hydrogens is 446 g/mol. The molecule has 0 N–H and O–H groups in total. The molecule has 0 bridgehead atoms. The van der Waals surface area contributed by atoms with Gasteiger partial charge < -0.3 is 9.80 Å². The number of anilines is 1. The summed E-state index contributed by atoms with van der Waals surface area (Å²) in [6.07, 6.45) is 3.10. The van der Waals surface area contributed by atoms with Gasteiger partial charge >= 0.3 is 0 Å². The van der Waals surface area contributed by atoms with E-state index in [1.165, 1.54) is 6.07 Å². The van der Waals surface area contributed by atoms with Crippen molar-refractivity contribution in [3.8, 4) is 11.4 Å². The number of para-hydroxylation sites is 2. The standard InChI is InChI=1S/C25H25N7O3/c1-16-15-29(13-14-30(16)24(33)17-7-6-8-17)25-26-20-11-4-2-9-18(20)22-27-28-23(31(22)25)19-10-3-5-12-21(19)32(34)35/h2-5,9-12,16-17H,6-8,13-15H2,1H3/t16-/m1/s1. The van der Waals surface area contributed by atoms with E-state index in [2.05, 4.69) is 22.0 Å². The number of aromatic nitrogens is 4. The maximum Gasteiger partial charge on any atom is 0.280 e. The van der Waals surface area contributed by atoms with Crippen LogP contribution in [0.4, 0.5) is 11.6 Å². The number of benzene rings is 2. The average molecular weight is 472 g/mol. The van der Waals surface area contributed by atoms with Crippen LogP contribution in [0.3, 0.4) is 0 Å². The molecule has 1 atom stereocenters. The molecule has 3 heterocycles. The molecular formula is C25H25N7O3. The summed E-state index contributed by atoms with van der Waals surface area (Å²) in [6.45, 7) is 3.89. The van der Waals surface area contributed by atoms with Crippen LogP contribution in [0, 0.1) is 16.0 Å². The van der Waals surface area contributed by atoms with Gasteiger partial charge in [-0.3, -0.25) is 14.9 Å². The average Bonchev–Trinajstić information content (AvgIpc) is 3.27. The van der Waals surface area contributed by atoms with Crippen LogP contribution in [0.25, 0.3) is 27.9 Å². The van der Waals surface area contributed by atoms with Crippen LogP contribution in [0.15, 0.2) is 48.5 Å². The molecule has 2 aromatic carbocycles. The predicted octanol–water partition coefficient (Wildman–Crippen LogP) is 3.69. The van der Waals surface area contributed by atoms with Gasteiger partial charge in [-0.1, -0.05) is 30.7 Å². The first-order valence-electron chi connectivity index (χ1n) is 12.0. The van der Waals surface area contributed by atoms with Gasteiger partial charge in [0.15, 0.2) is 11.5 Å². The molecule has 10 nitrogen and oxygen atoms in total. The Hall–Kier alpha value is -4.08. The number of nitro groups is 1. The van der Waals surface area contributed by atoms with Gasteiger partial charge in [0.05, 0.1) is 16.0 Å². The molecule has 2 aromatic heterocycles. The van der Waals surface area contributed by atoms with E-state index in [0.717, 1.165) is 30.2 Å². The summed E-state index contributed by atoms with van der Waals surface area (Å²) in [4.78, 5) is 33.4. The fourth-order valence-electron chi connectivity index (χ4n) is 5.13. The summed E-state index contributed by atoms with van der Waals surface area (Å²) in [7, 11) is 0. The van der Waals surface area contributed by atoms with E-state index in [4.69, 9.17) is 4.98 Å². The molecule has 1 aliphatic carbocycles.